The summed E-state index contributed by atoms with van der Waals surface area (Å²) in [5.74, 6) is 0.708. The fraction of sp³-hybridized carbons (Fsp3) is 0.238. The zero-order valence-corrected chi connectivity index (χ0v) is 15.5. The van der Waals surface area contributed by atoms with Gasteiger partial charge in [0.1, 0.15) is 0 Å². The SMILES string of the molecule is O=S(=O)(Nc1ccc2c(c1)OC1(CCCC1)O2)c1ccc2ccccc2c1. The van der Waals surface area contributed by atoms with Crippen molar-refractivity contribution in [2.45, 2.75) is 36.4 Å². The quantitative estimate of drug-likeness (QED) is 0.715. The smallest absolute Gasteiger partial charge is 0.261 e. The fourth-order valence-corrected chi connectivity index (χ4v) is 4.91. The lowest BCUT2D eigenvalue weighted by molar-refractivity contribution is -0.0716. The molecule has 0 bridgehead atoms. The molecule has 5 nitrogen and oxygen atoms in total. The highest BCUT2D eigenvalue weighted by molar-refractivity contribution is 7.92. The highest BCUT2D eigenvalue weighted by Gasteiger charge is 2.44. The first-order chi connectivity index (χ1) is 13.0. The van der Waals surface area contributed by atoms with Crippen LogP contribution in [0.4, 0.5) is 5.69 Å². The molecule has 1 fully saturated rings. The van der Waals surface area contributed by atoms with Gasteiger partial charge in [-0.15, -0.1) is 0 Å². The van der Waals surface area contributed by atoms with E-state index in [1.165, 1.54) is 0 Å². The van der Waals surface area contributed by atoms with E-state index in [1.807, 2.05) is 30.3 Å². The van der Waals surface area contributed by atoms with Crippen LogP contribution in [0.25, 0.3) is 10.8 Å². The van der Waals surface area contributed by atoms with Gasteiger partial charge >= 0.3 is 0 Å². The van der Waals surface area contributed by atoms with Crippen molar-refractivity contribution in [1.29, 1.82) is 0 Å². The standard InChI is InChI=1S/C21H19NO4S/c23-27(24,18-9-7-15-5-1-2-6-16(15)13-18)22-17-8-10-19-20(14-17)26-21(25-19)11-3-4-12-21/h1-2,5-10,13-14,22H,3-4,11-12H2. The molecule has 0 saturated heterocycles. The minimum absolute atomic E-state index is 0.228. The maximum Gasteiger partial charge on any atom is 0.261 e. The van der Waals surface area contributed by atoms with Crippen LogP contribution >= 0.6 is 0 Å². The lowest BCUT2D eigenvalue weighted by atomic mass is 10.1. The number of nitrogens with one attached hydrogen (secondary N) is 1. The van der Waals surface area contributed by atoms with Crippen LogP contribution in [0.3, 0.4) is 0 Å². The van der Waals surface area contributed by atoms with E-state index < -0.39 is 15.8 Å². The second-order valence-electron chi connectivity index (χ2n) is 7.10. The van der Waals surface area contributed by atoms with E-state index in [-0.39, 0.29) is 4.90 Å². The number of ether oxygens (including phenoxy) is 2. The van der Waals surface area contributed by atoms with E-state index in [0.717, 1.165) is 36.5 Å². The molecule has 0 aromatic heterocycles. The van der Waals surface area contributed by atoms with Gasteiger partial charge in [0.2, 0.25) is 0 Å². The lowest BCUT2D eigenvalue weighted by Crippen LogP contribution is -2.34. The number of hydrogen-bond donors (Lipinski definition) is 1. The van der Waals surface area contributed by atoms with E-state index in [9.17, 15) is 8.42 Å². The van der Waals surface area contributed by atoms with Gasteiger partial charge in [-0.25, -0.2) is 8.42 Å². The highest BCUT2D eigenvalue weighted by atomic mass is 32.2. The van der Waals surface area contributed by atoms with Crippen molar-refractivity contribution >= 4 is 26.5 Å². The Labute approximate surface area is 158 Å². The molecule has 0 radical (unpaired) electrons. The molecule has 1 spiro atoms. The molecule has 1 aliphatic carbocycles. The Kier molecular flexibility index (Phi) is 3.59. The monoisotopic (exact) mass is 381 g/mol. The van der Waals surface area contributed by atoms with Gasteiger partial charge in [-0.3, -0.25) is 4.72 Å². The van der Waals surface area contributed by atoms with Crippen LogP contribution in [-0.2, 0) is 10.0 Å². The molecule has 3 aromatic carbocycles. The Hall–Kier alpha value is -2.73. The van der Waals surface area contributed by atoms with Gasteiger partial charge in [-0.2, -0.15) is 0 Å². The molecule has 27 heavy (non-hydrogen) atoms. The van der Waals surface area contributed by atoms with Crippen molar-refractivity contribution in [2.75, 3.05) is 4.72 Å². The Morgan fingerprint density at radius 1 is 0.815 bits per heavy atom. The third-order valence-corrected chi connectivity index (χ3v) is 6.56. The van der Waals surface area contributed by atoms with Gasteiger partial charge in [-0.1, -0.05) is 30.3 Å². The minimum atomic E-state index is -3.70. The summed E-state index contributed by atoms with van der Waals surface area (Å²) in [6.07, 6.45) is 3.88. The summed E-state index contributed by atoms with van der Waals surface area (Å²) in [4.78, 5) is 0.228. The maximum atomic E-state index is 12.8. The summed E-state index contributed by atoms with van der Waals surface area (Å²) in [6, 6.07) is 17.9. The topological polar surface area (TPSA) is 64.6 Å². The Balaban J connectivity index is 1.43. The van der Waals surface area contributed by atoms with Crippen LogP contribution in [0, 0.1) is 0 Å². The van der Waals surface area contributed by atoms with Crippen LogP contribution in [0.2, 0.25) is 0 Å². The molecule has 0 unspecified atom stereocenters. The van der Waals surface area contributed by atoms with Crippen LogP contribution in [0.15, 0.2) is 65.6 Å². The predicted molar refractivity (Wildman–Crippen MR) is 104 cm³/mol. The van der Waals surface area contributed by atoms with Crippen LogP contribution < -0.4 is 14.2 Å². The predicted octanol–water partition coefficient (Wildman–Crippen LogP) is 4.68. The summed E-state index contributed by atoms with van der Waals surface area (Å²) < 4.78 is 40.3. The Morgan fingerprint density at radius 2 is 1.56 bits per heavy atom. The average molecular weight is 381 g/mol. The first-order valence-electron chi connectivity index (χ1n) is 9.07. The minimum Gasteiger partial charge on any atom is -0.448 e. The van der Waals surface area contributed by atoms with Crippen molar-refractivity contribution in [3.8, 4) is 11.5 Å². The van der Waals surface area contributed by atoms with Crippen LogP contribution in [-0.4, -0.2) is 14.2 Å². The molecule has 6 heteroatoms. The molecular formula is C21H19NO4S. The van der Waals surface area contributed by atoms with Crippen molar-refractivity contribution in [1.82, 2.24) is 0 Å². The number of sulfonamides is 1. The Morgan fingerprint density at radius 3 is 2.37 bits per heavy atom. The third-order valence-electron chi connectivity index (χ3n) is 5.18. The summed E-state index contributed by atoms with van der Waals surface area (Å²) in [6.45, 7) is 0. The highest BCUT2D eigenvalue weighted by Crippen LogP contribution is 2.47. The summed E-state index contributed by atoms with van der Waals surface area (Å²) in [5.41, 5.74) is 0.459. The summed E-state index contributed by atoms with van der Waals surface area (Å²) in [7, 11) is -3.70. The van der Waals surface area contributed by atoms with Gasteiger partial charge in [0, 0.05) is 18.9 Å². The molecule has 0 atom stereocenters. The van der Waals surface area contributed by atoms with E-state index in [0.29, 0.717) is 17.2 Å². The second kappa shape index (κ2) is 5.89. The van der Waals surface area contributed by atoms with Gasteiger partial charge in [0.25, 0.3) is 15.8 Å². The summed E-state index contributed by atoms with van der Waals surface area (Å²) in [5, 5.41) is 1.88. The first-order valence-corrected chi connectivity index (χ1v) is 10.6. The third kappa shape index (κ3) is 2.90. The van der Waals surface area contributed by atoms with E-state index >= 15 is 0 Å². The van der Waals surface area contributed by atoms with Gasteiger partial charge in [0.05, 0.1) is 10.6 Å². The van der Waals surface area contributed by atoms with Gasteiger partial charge < -0.3 is 9.47 Å². The number of anilines is 1. The van der Waals surface area contributed by atoms with E-state index in [4.69, 9.17) is 9.47 Å². The molecule has 138 valence electrons. The molecule has 1 aliphatic heterocycles. The average Bonchev–Trinajstić information content (AvgIpc) is 3.26. The molecule has 1 saturated carbocycles. The molecule has 2 aliphatic rings. The largest absolute Gasteiger partial charge is 0.448 e. The van der Waals surface area contributed by atoms with Gasteiger partial charge in [-0.05, 0) is 47.9 Å². The second-order valence-corrected chi connectivity index (χ2v) is 8.78. The molecule has 3 aromatic rings. The van der Waals surface area contributed by atoms with Crippen molar-refractivity contribution in [2.24, 2.45) is 0 Å². The zero-order valence-electron chi connectivity index (χ0n) is 14.6. The molecular weight excluding hydrogens is 362 g/mol. The van der Waals surface area contributed by atoms with Crippen molar-refractivity contribution in [3.05, 3.63) is 60.7 Å². The molecule has 5 rings (SSSR count). The van der Waals surface area contributed by atoms with Gasteiger partial charge in [0.15, 0.2) is 11.5 Å². The first kappa shape index (κ1) is 16.4. The fourth-order valence-electron chi connectivity index (χ4n) is 3.82. The number of fused-ring (bicyclic) bond motifs is 2. The number of benzene rings is 3. The Bertz CT molecular complexity index is 1130. The van der Waals surface area contributed by atoms with Crippen molar-refractivity contribution < 1.29 is 17.9 Å². The lowest BCUT2D eigenvalue weighted by Gasteiger charge is -2.21. The molecule has 0 amide bonds. The molecule has 1 N–H and O–H groups in total. The van der Waals surface area contributed by atoms with E-state index in [1.54, 1.807) is 30.3 Å². The summed E-state index contributed by atoms with van der Waals surface area (Å²) >= 11 is 0. The van der Waals surface area contributed by atoms with Crippen LogP contribution in [0.5, 0.6) is 11.5 Å². The van der Waals surface area contributed by atoms with Crippen LogP contribution in [0.1, 0.15) is 25.7 Å². The number of hydrogen-bond acceptors (Lipinski definition) is 4. The zero-order chi connectivity index (χ0) is 18.5. The van der Waals surface area contributed by atoms with Crippen molar-refractivity contribution in [3.63, 3.8) is 0 Å². The maximum absolute atomic E-state index is 12.8. The molecule has 1 heterocycles. The van der Waals surface area contributed by atoms with E-state index in [2.05, 4.69) is 4.72 Å². The number of rotatable bonds is 3. The normalized spacial score (nSPS) is 17.5.